The second-order valence-corrected chi connectivity index (χ2v) is 5.20. The van der Waals surface area contributed by atoms with Crippen molar-refractivity contribution in [3.63, 3.8) is 0 Å². The number of aryl methyl sites for hydroxylation is 2. The Hall–Kier alpha value is -1.09. The first kappa shape index (κ1) is 11.4. The topological polar surface area (TPSA) is 35.2 Å². The fourth-order valence-electron chi connectivity index (χ4n) is 1.96. The molecule has 0 saturated carbocycles. The molecule has 2 rings (SSSR count). The van der Waals surface area contributed by atoms with Crippen molar-refractivity contribution in [3.05, 3.63) is 29.3 Å². The lowest BCUT2D eigenvalue weighted by molar-refractivity contribution is 0.184. The molecule has 16 heavy (non-hydrogen) atoms. The van der Waals surface area contributed by atoms with E-state index in [4.69, 9.17) is 22.7 Å². The highest BCUT2D eigenvalue weighted by Gasteiger charge is 2.24. The Balaban J connectivity index is 2.20. The van der Waals surface area contributed by atoms with Crippen LogP contribution in [-0.4, -0.2) is 10.6 Å². The SMILES string of the molecule is CC(C)(Oc1ccc2c(c1)CCC2)C(N)=S. The summed E-state index contributed by atoms with van der Waals surface area (Å²) in [6.07, 6.45) is 3.59. The van der Waals surface area contributed by atoms with E-state index < -0.39 is 5.60 Å². The van der Waals surface area contributed by atoms with Gasteiger partial charge in [0, 0.05) is 0 Å². The van der Waals surface area contributed by atoms with Crippen molar-refractivity contribution in [2.75, 3.05) is 0 Å². The standard InChI is InChI=1S/C13H17NOS/c1-13(2,12(14)16)15-11-7-6-9-4-3-5-10(9)8-11/h6-8H,3-5H2,1-2H3,(H2,14,16). The molecule has 0 saturated heterocycles. The van der Waals surface area contributed by atoms with Crippen molar-refractivity contribution in [3.8, 4) is 5.75 Å². The van der Waals surface area contributed by atoms with Gasteiger partial charge in [-0.1, -0.05) is 18.3 Å². The Bertz CT molecular complexity index is 426. The Labute approximate surface area is 102 Å². The monoisotopic (exact) mass is 235 g/mol. The first-order chi connectivity index (χ1) is 7.49. The van der Waals surface area contributed by atoms with E-state index in [1.165, 1.54) is 24.0 Å². The van der Waals surface area contributed by atoms with Crippen LogP contribution in [0.25, 0.3) is 0 Å². The quantitative estimate of drug-likeness (QED) is 0.818. The van der Waals surface area contributed by atoms with Gasteiger partial charge in [0.25, 0.3) is 0 Å². The minimum atomic E-state index is -0.581. The van der Waals surface area contributed by atoms with E-state index in [9.17, 15) is 0 Å². The molecule has 0 fully saturated rings. The number of benzene rings is 1. The molecule has 86 valence electrons. The van der Waals surface area contributed by atoms with Crippen LogP contribution in [0, 0.1) is 0 Å². The Morgan fingerprint density at radius 3 is 2.69 bits per heavy atom. The third kappa shape index (κ3) is 2.19. The maximum absolute atomic E-state index is 5.82. The number of rotatable bonds is 3. The maximum Gasteiger partial charge on any atom is 0.153 e. The lowest BCUT2D eigenvalue weighted by Crippen LogP contribution is -2.42. The van der Waals surface area contributed by atoms with E-state index in [-0.39, 0.29) is 0 Å². The van der Waals surface area contributed by atoms with Crippen LogP contribution in [0.15, 0.2) is 18.2 Å². The van der Waals surface area contributed by atoms with E-state index in [2.05, 4.69) is 12.1 Å². The van der Waals surface area contributed by atoms with Gasteiger partial charge in [0.1, 0.15) is 10.7 Å². The van der Waals surface area contributed by atoms with E-state index in [1.54, 1.807) is 0 Å². The summed E-state index contributed by atoms with van der Waals surface area (Å²) in [6.45, 7) is 3.78. The molecule has 1 aliphatic carbocycles. The van der Waals surface area contributed by atoms with Crippen molar-refractivity contribution < 1.29 is 4.74 Å². The van der Waals surface area contributed by atoms with Crippen LogP contribution in [0.2, 0.25) is 0 Å². The Kier molecular flexibility index (Phi) is 2.89. The van der Waals surface area contributed by atoms with Crippen LogP contribution in [0.3, 0.4) is 0 Å². The predicted octanol–water partition coefficient (Wildman–Crippen LogP) is 2.62. The van der Waals surface area contributed by atoms with Crippen molar-refractivity contribution in [2.24, 2.45) is 5.73 Å². The number of hydrogen-bond acceptors (Lipinski definition) is 2. The maximum atomic E-state index is 5.82. The fraction of sp³-hybridized carbons (Fsp3) is 0.462. The van der Waals surface area contributed by atoms with Gasteiger partial charge in [-0.25, -0.2) is 0 Å². The summed E-state index contributed by atoms with van der Waals surface area (Å²) >= 11 is 4.98. The largest absolute Gasteiger partial charge is 0.481 e. The number of ether oxygens (including phenoxy) is 1. The summed E-state index contributed by atoms with van der Waals surface area (Å²) in [5, 5.41) is 0. The zero-order chi connectivity index (χ0) is 11.8. The molecule has 0 atom stereocenters. The number of thiocarbonyl (C=S) groups is 1. The van der Waals surface area contributed by atoms with Gasteiger partial charge in [-0.3, -0.25) is 0 Å². The molecule has 0 bridgehead atoms. The molecule has 0 amide bonds. The van der Waals surface area contributed by atoms with Crippen molar-refractivity contribution in [2.45, 2.75) is 38.7 Å². The van der Waals surface area contributed by atoms with E-state index in [0.717, 1.165) is 12.2 Å². The van der Waals surface area contributed by atoms with Crippen LogP contribution in [0.4, 0.5) is 0 Å². The van der Waals surface area contributed by atoms with E-state index in [1.807, 2.05) is 19.9 Å². The van der Waals surface area contributed by atoms with Crippen LogP contribution >= 0.6 is 12.2 Å². The first-order valence-corrected chi connectivity index (χ1v) is 6.00. The lowest BCUT2D eigenvalue weighted by Gasteiger charge is -2.25. The van der Waals surface area contributed by atoms with Gasteiger partial charge >= 0.3 is 0 Å². The zero-order valence-corrected chi connectivity index (χ0v) is 10.6. The molecule has 0 spiro atoms. The summed E-state index contributed by atoms with van der Waals surface area (Å²) < 4.78 is 5.82. The van der Waals surface area contributed by atoms with Crippen LogP contribution in [0.1, 0.15) is 31.4 Å². The molecule has 2 nitrogen and oxygen atoms in total. The molecular formula is C13H17NOS. The molecule has 1 aliphatic rings. The molecule has 1 aromatic carbocycles. The van der Waals surface area contributed by atoms with Crippen molar-refractivity contribution >= 4 is 17.2 Å². The van der Waals surface area contributed by atoms with E-state index in [0.29, 0.717) is 4.99 Å². The Morgan fingerprint density at radius 2 is 2.00 bits per heavy atom. The van der Waals surface area contributed by atoms with Gasteiger partial charge in [0.05, 0.1) is 0 Å². The van der Waals surface area contributed by atoms with Gasteiger partial charge in [0.2, 0.25) is 0 Å². The lowest BCUT2D eigenvalue weighted by atomic mass is 10.1. The molecule has 0 aliphatic heterocycles. The Morgan fingerprint density at radius 1 is 1.31 bits per heavy atom. The first-order valence-electron chi connectivity index (χ1n) is 5.60. The highest BCUT2D eigenvalue weighted by molar-refractivity contribution is 7.80. The molecular weight excluding hydrogens is 218 g/mol. The molecule has 0 unspecified atom stereocenters. The third-order valence-corrected chi connectivity index (χ3v) is 3.53. The average molecular weight is 235 g/mol. The van der Waals surface area contributed by atoms with Gasteiger partial charge in [-0.05, 0) is 56.4 Å². The van der Waals surface area contributed by atoms with Gasteiger partial charge in [-0.2, -0.15) is 0 Å². The van der Waals surface area contributed by atoms with Crippen LogP contribution in [-0.2, 0) is 12.8 Å². The normalized spacial score (nSPS) is 14.6. The van der Waals surface area contributed by atoms with Gasteiger partial charge in [0.15, 0.2) is 5.60 Å². The van der Waals surface area contributed by atoms with Crippen molar-refractivity contribution in [1.82, 2.24) is 0 Å². The van der Waals surface area contributed by atoms with Crippen LogP contribution in [0.5, 0.6) is 5.75 Å². The molecule has 3 heteroatoms. The minimum absolute atomic E-state index is 0.382. The molecule has 0 radical (unpaired) electrons. The smallest absolute Gasteiger partial charge is 0.153 e. The zero-order valence-electron chi connectivity index (χ0n) is 9.75. The van der Waals surface area contributed by atoms with Gasteiger partial charge < -0.3 is 10.5 Å². The second kappa shape index (κ2) is 4.06. The summed E-state index contributed by atoms with van der Waals surface area (Å²) in [5.74, 6) is 0.860. The summed E-state index contributed by atoms with van der Waals surface area (Å²) in [4.78, 5) is 0.382. The van der Waals surface area contributed by atoms with Crippen LogP contribution < -0.4 is 10.5 Å². The second-order valence-electron chi connectivity index (χ2n) is 4.76. The van der Waals surface area contributed by atoms with Gasteiger partial charge in [-0.15, -0.1) is 0 Å². The molecule has 0 aromatic heterocycles. The number of fused-ring (bicyclic) bond motifs is 1. The van der Waals surface area contributed by atoms with E-state index >= 15 is 0 Å². The minimum Gasteiger partial charge on any atom is -0.481 e. The highest BCUT2D eigenvalue weighted by atomic mass is 32.1. The predicted molar refractivity (Wildman–Crippen MR) is 70.0 cm³/mol. The average Bonchev–Trinajstić information content (AvgIpc) is 2.63. The highest BCUT2D eigenvalue weighted by Crippen LogP contribution is 2.28. The molecule has 0 heterocycles. The number of hydrogen-bond donors (Lipinski definition) is 1. The summed E-state index contributed by atoms with van der Waals surface area (Å²) in [5.41, 5.74) is 7.90. The third-order valence-electron chi connectivity index (χ3n) is 3.04. The summed E-state index contributed by atoms with van der Waals surface area (Å²) in [7, 11) is 0. The molecule has 1 aromatic rings. The summed E-state index contributed by atoms with van der Waals surface area (Å²) in [6, 6.07) is 6.26. The number of nitrogens with two attached hydrogens (primary N) is 1. The van der Waals surface area contributed by atoms with Crippen molar-refractivity contribution in [1.29, 1.82) is 0 Å². The fourth-order valence-corrected chi connectivity index (χ4v) is 2.00. The molecule has 2 N–H and O–H groups in total.